The molecule has 2 aromatic rings. The van der Waals surface area contributed by atoms with Crippen molar-refractivity contribution in [2.75, 3.05) is 25.6 Å². The van der Waals surface area contributed by atoms with Crippen LogP contribution in [0, 0.1) is 11.3 Å². The van der Waals surface area contributed by atoms with Gasteiger partial charge in [0.2, 0.25) is 0 Å². The number of nitrogens with zero attached hydrogens (tertiary/aromatic N) is 1. The van der Waals surface area contributed by atoms with Crippen molar-refractivity contribution in [3.8, 4) is 11.8 Å². The number of ether oxygens (including phenoxy) is 2. The molecule has 0 aliphatic carbocycles. The average Bonchev–Trinajstić information content (AvgIpc) is 2.66. The summed E-state index contributed by atoms with van der Waals surface area (Å²) in [7, 11) is 0. The van der Waals surface area contributed by atoms with Gasteiger partial charge in [0, 0.05) is 12.1 Å². The molecule has 0 amide bonds. The highest BCUT2D eigenvalue weighted by Gasteiger charge is 2.01. The van der Waals surface area contributed by atoms with Crippen molar-refractivity contribution in [3.05, 3.63) is 71.8 Å². The molecule has 0 saturated carbocycles. The van der Waals surface area contributed by atoms with Crippen molar-refractivity contribution in [1.29, 1.82) is 5.26 Å². The van der Waals surface area contributed by atoms with Gasteiger partial charge in [-0.1, -0.05) is 12.2 Å². The van der Waals surface area contributed by atoms with Crippen molar-refractivity contribution >= 4 is 11.7 Å². The van der Waals surface area contributed by atoms with E-state index >= 15 is 0 Å². The minimum Gasteiger partial charge on any atom is -0.494 e. The molecule has 0 aliphatic heterocycles. The van der Waals surface area contributed by atoms with E-state index < -0.39 is 5.97 Å². The van der Waals surface area contributed by atoms with Crippen LogP contribution in [0.15, 0.2) is 60.7 Å². The number of carbonyl (C=O) groups is 1. The van der Waals surface area contributed by atoms with Crippen LogP contribution in [0.1, 0.15) is 29.3 Å². The predicted molar refractivity (Wildman–Crippen MR) is 105 cm³/mol. The van der Waals surface area contributed by atoms with Gasteiger partial charge in [-0.2, -0.15) is 5.26 Å². The maximum Gasteiger partial charge on any atom is 0.335 e. The summed E-state index contributed by atoms with van der Waals surface area (Å²) in [6, 6.07) is 15.1. The highest BCUT2D eigenvalue weighted by molar-refractivity contribution is 5.87. The lowest BCUT2D eigenvalue weighted by atomic mass is 10.2. The number of aromatic carboxylic acids is 1. The van der Waals surface area contributed by atoms with Crippen molar-refractivity contribution < 1.29 is 19.4 Å². The van der Waals surface area contributed by atoms with Gasteiger partial charge in [0.05, 0.1) is 37.0 Å². The normalized spacial score (nSPS) is 9.48. The SMILES string of the molecule is C=C(C)COCCCOc1ccc(C(=O)O)cc1.N#Cc1ccc(N)cc1. The van der Waals surface area contributed by atoms with Crippen LogP contribution in [0.25, 0.3) is 0 Å². The van der Waals surface area contributed by atoms with Gasteiger partial charge in [-0.15, -0.1) is 0 Å². The number of rotatable bonds is 8. The summed E-state index contributed by atoms with van der Waals surface area (Å²) in [5, 5.41) is 17.1. The van der Waals surface area contributed by atoms with Gasteiger partial charge in [-0.25, -0.2) is 4.79 Å². The highest BCUT2D eigenvalue weighted by Crippen LogP contribution is 2.12. The Balaban J connectivity index is 0.000000337. The molecule has 0 heterocycles. The number of anilines is 1. The Bertz CT molecular complexity index is 762. The van der Waals surface area contributed by atoms with Gasteiger partial charge in [0.1, 0.15) is 5.75 Å². The van der Waals surface area contributed by atoms with Crippen molar-refractivity contribution in [1.82, 2.24) is 0 Å². The lowest BCUT2D eigenvalue weighted by molar-refractivity contribution is 0.0697. The van der Waals surface area contributed by atoms with Gasteiger partial charge in [-0.05, 0) is 55.5 Å². The molecule has 6 heteroatoms. The third-order valence-corrected chi connectivity index (χ3v) is 3.19. The van der Waals surface area contributed by atoms with Crippen molar-refractivity contribution in [2.24, 2.45) is 0 Å². The molecule has 0 radical (unpaired) electrons. The topological polar surface area (TPSA) is 106 Å². The van der Waals surface area contributed by atoms with E-state index in [1.165, 1.54) is 12.1 Å². The smallest absolute Gasteiger partial charge is 0.335 e. The van der Waals surface area contributed by atoms with Crippen LogP contribution in [-0.2, 0) is 4.74 Å². The van der Waals surface area contributed by atoms with Crippen LogP contribution in [0.3, 0.4) is 0 Å². The molecule has 142 valence electrons. The third-order valence-electron chi connectivity index (χ3n) is 3.19. The van der Waals surface area contributed by atoms with E-state index in [9.17, 15) is 4.79 Å². The number of hydrogen-bond acceptors (Lipinski definition) is 5. The Morgan fingerprint density at radius 2 is 1.78 bits per heavy atom. The zero-order chi connectivity index (χ0) is 20.1. The largest absolute Gasteiger partial charge is 0.494 e. The van der Waals surface area contributed by atoms with E-state index in [0.29, 0.717) is 36.8 Å². The molecule has 0 bridgehead atoms. The standard InChI is InChI=1S/C14H18O4.C7H6N2/c1-11(2)10-17-8-3-9-18-13-6-4-12(5-7-13)14(15)16;8-5-6-1-3-7(9)4-2-6/h4-7H,1,3,8-10H2,2H3,(H,15,16);1-4H,9H2. The Morgan fingerprint density at radius 1 is 1.15 bits per heavy atom. The van der Waals surface area contributed by atoms with E-state index in [2.05, 4.69) is 6.58 Å². The van der Waals surface area contributed by atoms with Gasteiger partial charge in [0.25, 0.3) is 0 Å². The van der Waals surface area contributed by atoms with E-state index in [-0.39, 0.29) is 5.56 Å². The predicted octanol–water partition coefficient (Wildman–Crippen LogP) is 3.89. The van der Waals surface area contributed by atoms with Crippen LogP contribution in [0.5, 0.6) is 5.75 Å². The Labute approximate surface area is 159 Å². The number of benzene rings is 2. The van der Waals surface area contributed by atoms with Crippen LogP contribution >= 0.6 is 0 Å². The van der Waals surface area contributed by atoms with E-state index in [1.54, 1.807) is 36.4 Å². The van der Waals surface area contributed by atoms with Crippen LogP contribution < -0.4 is 10.5 Å². The quantitative estimate of drug-likeness (QED) is 0.416. The summed E-state index contributed by atoms with van der Waals surface area (Å²) in [6.45, 7) is 7.40. The fraction of sp³-hybridized carbons (Fsp3) is 0.238. The molecular weight excluding hydrogens is 344 g/mol. The van der Waals surface area contributed by atoms with E-state index in [0.717, 1.165) is 12.0 Å². The molecule has 2 rings (SSSR count). The maximum atomic E-state index is 10.6. The third kappa shape index (κ3) is 9.68. The zero-order valence-corrected chi connectivity index (χ0v) is 15.4. The lowest BCUT2D eigenvalue weighted by Crippen LogP contribution is -2.04. The second-order valence-corrected chi connectivity index (χ2v) is 5.78. The molecule has 0 saturated heterocycles. The molecule has 0 unspecified atom stereocenters. The molecule has 0 atom stereocenters. The summed E-state index contributed by atoms with van der Waals surface area (Å²) in [4.78, 5) is 10.6. The Kier molecular flexibility index (Phi) is 9.76. The van der Waals surface area contributed by atoms with Gasteiger partial charge in [-0.3, -0.25) is 0 Å². The maximum absolute atomic E-state index is 10.6. The number of nitrogen functional groups attached to an aromatic ring is 1. The van der Waals surface area contributed by atoms with Crippen molar-refractivity contribution in [2.45, 2.75) is 13.3 Å². The van der Waals surface area contributed by atoms with Gasteiger partial charge < -0.3 is 20.3 Å². The van der Waals surface area contributed by atoms with E-state index in [4.69, 9.17) is 25.6 Å². The van der Waals surface area contributed by atoms with Crippen LogP contribution in [0.2, 0.25) is 0 Å². The van der Waals surface area contributed by atoms with Gasteiger partial charge >= 0.3 is 5.97 Å². The molecule has 3 N–H and O–H groups in total. The number of nitriles is 1. The van der Waals surface area contributed by atoms with Crippen molar-refractivity contribution in [3.63, 3.8) is 0 Å². The number of carboxylic acids is 1. The highest BCUT2D eigenvalue weighted by atomic mass is 16.5. The minimum absolute atomic E-state index is 0.257. The fourth-order valence-corrected chi connectivity index (χ4v) is 1.85. The molecule has 6 nitrogen and oxygen atoms in total. The first-order valence-corrected chi connectivity index (χ1v) is 8.36. The monoisotopic (exact) mass is 368 g/mol. The Morgan fingerprint density at radius 3 is 2.30 bits per heavy atom. The Hall–Kier alpha value is -3.30. The van der Waals surface area contributed by atoms with Crippen LogP contribution in [0.4, 0.5) is 5.69 Å². The summed E-state index contributed by atoms with van der Waals surface area (Å²) < 4.78 is 10.8. The van der Waals surface area contributed by atoms with Gasteiger partial charge in [0.15, 0.2) is 0 Å². The first-order chi connectivity index (χ1) is 12.9. The minimum atomic E-state index is -0.935. The second-order valence-electron chi connectivity index (χ2n) is 5.78. The summed E-state index contributed by atoms with van der Waals surface area (Å²) in [5.41, 5.74) is 7.96. The second kappa shape index (κ2) is 12.1. The molecule has 0 aliphatic rings. The number of carboxylic acid groups (broad SMARTS) is 1. The lowest BCUT2D eigenvalue weighted by Gasteiger charge is -2.07. The summed E-state index contributed by atoms with van der Waals surface area (Å²) in [6.07, 6.45) is 0.786. The molecule has 0 spiro atoms. The molecule has 27 heavy (non-hydrogen) atoms. The molecule has 2 aromatic carbocycles. The van der Waals surface area contributed by atoms with E-state index in [1.807, 2.05) is 13.0 Å². The number of hydrogen-bond donors (Lipinski definition) is 2. The molecular formula is C21H24N2O4. The summed E-state index contributed by atoms with van der Waals surface area (Å²) >= 11 is 0. The average molecular weight is 368 g/mol. The molecule has 0 aromatic heterocycles. The zero-order valence-electron chi connectivity index (χ0n) is 15.4. The van der Waals surface area contributed by atoms with Crippen LogP contribution in [-0.4, -0.2) is 30.9 Å². The number of nitrogens with two attached hydrogens (primary N) is 1. The first-order valence-electron chi connectivity index (χ1n) is 8.36. The fourth-order valence-electron chi connectivity index (χ4n) is 1.85. The molecule has 0 fully saturated rings. The first kappa shape index (κ1) is 21.7. The summed E-state index contributed by atoms with van der Waals surface area (Å²) in [5.74, 6) is -0.269.